The van der Waals surface area contributed by atoms with E-state index in [1.54, 1.807) is 19.2 Å². The molecule has 0 spiro atoms. The van der Waals surface area contributed by atoms with Gasteiger partial charge in [-0.15, -0.1) is 0 Å². The van der Waals surface area contributed by atoms with Gasteiger partial charge in [-0.3, -0.25) is 4.79 Å². The van der Waals surface area contributed by atoms with Gasteiger partial charge in [0.15, 0.2) is 0 Å². The van der Waals surface area contributed by atoms with Gasteiger partial charge in [-0.05, 0) is 24.1 Å². The molecule has 0 aliphatic rings. The first-order chi connectivity index (χ1) is 8.67. The molecule has 4 heteroatoms. The number of nitrogens with one attached hydrogen (secondary N) is 1. The number of carbonyl (C=O) groups is 1. The fourth-order valence-electron chi connectivity index (χ4n) is 1.68. The first kappa shape index (κ1) is 14.6. The summed E-state index contributed by atoms with van der Waals surface area (Å²) < 4.78 is 18.4. The lowest BCUT2D eigenvalue weighted by Gasteiger charge is -2.16. The Morgan fingerprint density at radius 3 is 2.89 bits per heavy atom. The third-order valence-corrected chi connectivity index (χ3v) is 2.75. The maximum absolute atomic E-state index is 13.1. The predicted octanol–water partition coefficient (Wildman–Crippen LogP) is 2.82. The first-order valence-corrected chi connectivity index (χ1v) is 6.22. The van der Waals surface area contributed by atoms with Crippen molar-refractivity contribution in [2.24, 2.45) is 0 Å². The molecule has 0 aliphatic carbocycles. The average Bonchev–Trinajstić information content (AvgIpc) is 2.37. The Kier molecular flexibility index (Phi) is 6.36. The van der Waals surface area contributed by atoms with Crippen LogP contribution in [0.1, 0.15) is 37.9 Å². The van der Waals surface area contributed by atoms with Crippen LogP contribution in [0.25, 0.3) is 0 Å². The number of hydrogen-bond acceptors (Lipinski definition) is 2. The molecule has 18 heavy (non-hydrogen) atoms. The second kappa shape index (κ2) is 7.82. The third-order valence-electron chi connectivity index (χ3n) is 2.75. The Bertz CT molecular complexity index is 382. The molecule has 0 radical (unpaired) electrons. The molecule has 0 aliphatic heterocycles. The summed E-state index contributed by atoms with van der Waals surface area (Å²) in [6.45, 7) is 2.40. The van der Waals surface area contributed by atoms with Crippen LogP contribution in [0.2, 0.25) is 0 Å². The summed E-state index contributed by atoms with van der Waals surface area (Å²) in [5.41, 5.74) is 0.730. The zero-order chi connectivity index (χ0) is 13.4. The van der Waals surface area contributed by atoms with E-state index in [0.717, 1.165) is 18.4 Å². The van der Waals surface area contributed by atoms with Crippen LogP contribution < -0.4 is 5.32 Å². The van der Waals surface area contributed by atoms with Crippen molar-refractivity contribution < 1.29 is 13.9 Å². The molecule has 100 valence electrons. The number of halogens is 1. The lowest BCUT2D eigenvalue weighted by molar-refractivity contribution is -0.121. The summed E-state index contributed by atoms with van der Waals surface area (Å²) in [6, 6.07) is 6.23. The number of benzene rings is 1. The van der Waals surface area contributed by atoms with Crippen molar-refractivity contribution in [3.8, 4) is 0 Å². The Labute approximate surface area is 107 Å². The highest BCUT2D eigenvalue weighted by atomic mass is 19.1. The highest BCUT2D eigenvalue weighted by Crippen LogP contribution is 2.16. The standard InChI is InChI=1S/C14H20FNO2/c1-3-4-8-14(17)16-10-13(18-2)11-6-5-7-12(15)9-11/h5-7,9,13H,3-4,8,10H2,1-2H3,(H,16,17)/t13-/m0/s1. The van der Waals surface area contributed by atoms with E-state index in [4.69, 9.17) is 4.74 Å². The minimum absolute atomic E-state index is 0.00954. The van der Waals surface area contributed by atoms with Crippen LogP contribution in [0.5, 0.6) is 0 Å². The molecule has 0 saturated heterocycles. The number of amides is 1. The molecule has 0 bridgehead atoms. The maximum Gasteiger partial charge on any atom is 0.220 e. The van der Waals surface area contributed by atoms with E-state index in [2.05, 4.69) is 5.32 Å². The van der Waals surface area contributed by atoms with E-state index in [1.807, 2.05) is 6.92 Å². The number of ether oxygens (including phenoxy) is 1. The molecule has 0 fully saturated rings. The summed E-state index contributed by atoms with van der Waals surface area (Å²) in [6.07, 6.45) is 2.08. The second-order valence-corrected chi connectivity index (χ2v) is 4.19. The molecule has 1 amide bonds. The Morgan fingerprint density at radius 1 is 1.50 bits per heavy atom. The van der Waals surface area contributed by atoms with Crippen LogP contribution in [-0.2, 0) is 9.53 Å². The van der Waals surface area contributed by atoms with Crippen LogP contribution in [0, 0.1) is 5.82 Å². The summed E-state index contributed by atoms with van der Waals surface area (Å²) in [5, 5.41) is 2.80. The second-order valence-electron chi connectivity index (χ2n) is 4.19. The van der Waals surface area contributed by atoms with E-state index >= 15 is 0 Å². The van der Waals surface area contributed by atoms with Gasteiger partial charge >= 0.3 is 0 Å². The van der Waals surface area contributed by atoms with Crippen LogP contribution in [0.4, 0.5) is 4.39 Å². The van der Waals surface area contributed by atoms with Crippen LogP contribution >= 0.6 is 0 Å². The van der Waals surface area contributed by atoms with E-state index < -0.39 is 0 Å². The summed E-state index contributed by atoms with van der Waals surface area (Å²) in [7, 11) is 1.55. The Hall–Kier alpha value is -1.42. The van der Waals surface area contributed by atoms with E-state index in [1.165, 1.54) is 12.1 Å². The quantitative estimate of drug-likeness (QED) is 0.811. The van der Waals surface area contributed by atoms with E-state index in [0.29, 0.717) is 13.0 Å². The third kappa shape index (κ3) is 4.84. The van der Waals surface area contributed by atoms with Gasteiger partial charge in [0, 0.05) is 20.1 Å². The van der Waals surface area contributed by atoms with Crippen molar-refractivity contribution >= 4 is 5.91 Å². The zero-order valence-corrected chi connectivity index (χ0v) is 10.9. The van der Waals surface area contributed by atoms with Crippen LogP contribution in [0.15, 0.2) is 24.3 Å². The molecular weight excluding hydrogens is 233 g/mol. The molecule has 0 heterocycles. The van der Waals surface area contributed by atoms with Crippen LogP contribution in [0.3, 0.4) is 0 Å². The Balaban J connectivity index is 2.50. The molecule has 0 aromatic heterocycles. The number of methoxy groups -OCH3 is 1. The largest absolute Gasteiger partial charge is 0.375 e. The maximum atomic E-state index is 13.1. The van der Waals surface area contributed by atoms with Gasteiger partial charge in [-0.2, -0.15) is 0 Å². The summed E-state index contributed by atoms with van der Waals surface area (Å²) in [4.78, 5) is 11.5. The molecule has 1 rings (SSSR count). The number of unbranched alkanes of at least 4 members (excludes halogenated alkanes) is 1. The van der Waals surface area contributed by atoms with Crippen molar-refractivity contribution in [1.29, 1.82) is 0 Å². The molecule has 1 atom stereocenters. The summed E-state index contributed by atoms with van der Waals surface area (Å²) in [5.74, 6) is -0.290. The number of carbonyl (C=O) groups excluding carboxylic acids is 1. The molecule has 1 N–H and O–H groups in total. The van der Waals surface area contributed by atoms with Crippen molar-refractivity contribution in [3.05, 3.63) is 35.6 Å². The lowest BCUT2D eigenvalue weighted by atomic mass is 10.1. The number of hydrogen-bond donors (Lipinski definition) is 1. The molecule has 0 saturated carbocycles. The van der Waals surface area contributed by atoms with Gasteiger partial charge in [0.25, 0.3) is 0 Å². The van der Waals surface area contributed by atoms with Crippen LogP contribution in [-0.4, -0.2) is 19.6 Å². The topological polar surface area (TPSA) is 38.3 Å². The highest BCUT2D eigenvalue weighted by Gasteiger charge is 2.12. The van der Waals surface area contributed by atoms with Crippen molar-refractivity contribution in [1.82, 2.24) is 5.32 Å². The first-order valence-electron chi connectivity index (χ1n) is 6.22. The zero-order valence-electron chi connectivity index (χ0n) is 10.9. The molecular formula is C14H20FNO2. The normalized spacial score (nSPS) is 12.2. The Morgan fingerprint density at radius 2 is 2.28 bits per heavy atom. The minimum atomic E-state index is -0.314. The van der Waals surface area contributed by atoms with Gasteiger partial charge in [-0.1, -0.05) is 25.5 Å². The molecule has 1 aromatic carbocycles. The van der Waals surface area contributed by atoms with Gasteiger partial charge in [-0.25, -0.2) is 4.39 Å². The van der Waals surface area contributed by atoms with E-state index in [9.17, 15) is 9.18 Å². The lowest BCUT2D eigenvalue weighted by Crippen LogP contribution is -2.28. The molecule has 3 nitrogen and oxygen atoms in total. The highest BCUT2D eigenvalue weighted by molar-refractivity contribution is 5.75. The van der Waals surface area contributed by atoms with Gasteiger partial charge < -0.3 is 10.1 Å². The van der Waals surface area contributed by atoms with Gasteiger partial charge in [0.05, 0.1) is 6.10 Å². The monoisotopic (exact) mass is 253 g/mol. The van der Waals surface area contributed by atoms with Crippen molar-refractivity contribution in [3.63, 3.8) is 0 Å². The fourth-order valence-corrected chi connectivity index (χ4v) is 1.68. The van der Waals surface area contributed by atoms with Gasteiger partial charge in [0.1, 0.15) is 5.82 Å². The SMILES string of the molecule is CCCCC(=O)NC[C@H](OC)c1cccc(F)c1. The average molecular weight is 253 g/mol. The van der Waals surface area contributed by atoms with Crippen molar-refractivity contribution in [2.75, 3.05) is 13.7 Å². The minimum Gasteiger partial charge on any atom is -0.375 e. The molecule has 0 unspecified atom stereocenters. The van der Waals surface area contributed by atoms with Crippen molar-refractivity contribution in [2.45, 2.75) is 32.3 Å². The number of rotatable bonds is 7. The molecule has 1 aromatic rings. The van der Waals surface area contributed by atoms with E-state index in [-0.39, 0.29) is 17.8 Å². The summed E-state index contributed by atoms with van der Waals surface area (Å²) >= 11 is 0. The van der Waals surface area contributed by atoms with Gasteiger partial charge in [0.2, 0.25) is 5.91 Å². The fraction of sp³-hybridized carbons (Fsp3) is 0.500. The predicted molar refractivity (Wildman–Crippen MR) is 68.7 cm³/mol. The smallest absolute Gasteiger partial charge is 0.220 e.